The Labute approximate surface area is 93.0 Å². The normalized spacial score (nSPS) is 10.1. The summed E-state index contributed by atoms with van der Waals surface area (Å²) in [6.45, 7) is 1.82. The van der Waals surface area contributed by atoms with E-state index >= 15 is 0 Å². The van der Waals surface area contributed by atoms with Crippen LogP contribution in [-0.4, -0.2) is 15.1 Å². The molecule has 0 atom stereocenters. The Morgan fingerprint density at radius 3 is 2.88 bits per heavy atom. The smallest absolute Gasteiger partial charge is 0.221 e. The highest BCUT2D eigenvalue weighted by Gasteiger charge is 2.03. The Morgan fingerprint density at radius 2 is 2.12 bits per heavy atom. The lowest BCUT2D eigenvalue weighted by molar-refractivity contribution is 0.471. The predicted octanol–water partition coefficient (Wildman–Crippen LogP) is 1.82. The lowest BCUT2D eigenvalue weighted by Crippen LogP contribution is -1.99. The summed E-state index contributed by atoms with van der Waals surface area (Å²) in [5.74, 6) is 1.05. The molecule has 0 saturated carbocycles. The van der Waals surface area contributed by atoms with Crippen molar-refractivity contribution in [1.29, 1.82) is 0 Å². The maximum absolute atomic E-state index is 9.54. The van der Waals surface area contributed by atoms with Gasteiger partial charge in [0, 0.05) is 17.4 Å². The highest BCUT2D eigenvalue weighted by molar-refractivity contribution is 5.63. The van der Waals surface area contributed by atoms with Crippen LogP contribution in [0.4, 0.5) is 17.5 Å². The number of nitrogens with zero attached hydrogens (tertiary/aromatic N) is 2. The minimum Gasteiger partial charge on any atom is -0.508 e. The van der Waals surface area contributed by atoms with Crippen molar-refractivity contribution in [2.45, 2.75) is 6.92 Å². The largest absolute Gasteiger partial charge is 0.508 e. The van der Waals surface area contributed by atoms with Crippen LogP contribution in [0.2, 0.25) is 0 Å². The number of aromatic hydroxyl groups is 1. The van der Waals surface area contributed by atoms with Gasteiger partial charge in [0.2, 0.25) is 5.95 Å². The van der Waals surface area contributed by atoms with Gasteiger partial charge in [0.1, 0.15) is 11.6 Å². The topological polar surface area (TPSA) is 84.1 Å². The molecule has 0 spiro atoms. The third-order valence-corrected chi connectivity index (χ3v) is 2.24. The molecule has 0 unspecified atom stereocenters. The van der Waals surface area contributed by atoms with Crippen molar-refractivity contribution in [3.63, 3.8) is 0 Å². The van der Waals surface area contributed by atoms with Crippen LogP contribution in [0.3, 0.4) is 0 Å². The van der Waals surface area contributed by atoms with Crippen LogP contribution in [0.25, 0.3) is 0 Å². The standard InChI is InChI=1S/C11H12N4O/c1-7-8(3-2-4-9(7)16)14-10-5-6-13-11(12)15-10/h2-6,16H,1H3,(H3,12,13,14,15). The first-order valence-electron chi connectivity index (χ1n) is 4.81. The van der Waals surface area contributed by atoms with Crippen molar-refractivity contribution in [3.8, 4) is 5.75 Å². The van der Waals surface area contributed by atoms with Crippen LogP contribution >= 0.6 is 0 Å². The van der Waals surface area contributed by atoms with Crippen molar-refractivity contribution in [2.75, 3.05) is 11.1 Å². The Morgan fingerprint density at radius 1 is 1.31 bits per heavy atom. The molecule has 0 amide bonds. The molecule has 82 valence electrons. The monoisotopic (exact) mass is 216 g/mol. The van der Waals surface area contributed by atoms with Gasteiger partial charge in [-0.1, -0.05) is 6.07 Å². The Bertz CT molecular complexity index is 513. The molecule has 4 N–H and O–H groups in total. The molecule has 1 aromatic heterocycles. The molecule has 2 rings (SSSR count). The SMILES string of the molecule is Cc1c(O)cccc1Nc1ccnc(N)n1. The maximum Gasteiger partial charge on any atom is 0.221 e. The molecule has 0 bridgehead atoms. The van der Waals surface area contributed by atoms with Crippen LogP contribution in [0.1, 0.15) is 5.56 Å². The van der Waals surface area contributed by atoms with E-state index in [0.717, 1.165) is 11.3 Å². The van der Waals surface area contributed by atoms with E-state index in [9.17, 15) is 5.11 Å². The minimum absolute atomic E-state index is 0.211. The number of phenols is 1. The van der Waals surface area contributed by atoms with Crippen LogP contribution in [0.15, 0.2) is 30.5 Å². The van der Waals surface area contributed by atoms with Gasteiger partial charge in [-0.15, -0.1) is 0 Å². The molecule has 0 radical (unpaired) electrons. The average Bonchev–Trinajstić information content (AvgIpc) is 2.25. The summed E-state index contributed by atoms with van der Waals surface area (Å²) in [6.07, 6.45) is 1.57. The van der Waals surface area contributed by atoms with Crippen LogP contribution in [0, 0.1) is 6.92 Å². The number of nitrogens with two attached hydrogens (primary N) is 1. The first-order valence-corrected chi connectivity index (χ1v) is 4.81. The van der Waals surface area contributed by atoms with Gasteiger partial charge in [-0.3, -0.25) is 0 Å². The first-order chi connectivity index (χ1) is 7.66. The molecule has 0 aliphatic carbocycles. The van der Waals surface area contributed by atoms with Gasteiger partial charge in [0.05, 0.1) is 0 Å². The first kappa shape index (κ1) is 10.2. The molecule has 0 saturated heterocycles. The second-order valence-electron chi connectivity index (χ2n) is 3.37. The molecule has 5 heteroatoms. The molecule has 1 heterocycles. The van der Waals surface area contributed by atoms with Gasteiger partial charge < -0.3 is 16.2 Å². The lowest BCUT2D eigenvalue weighted by Gasteiger charge is -2.09. The molecule has 2 aromatic rings. The van der Waals surface area contributed by atoms with Gasteiger partial charge in [-0.2, -0.15) is 4.98 Å². The molecular weight excluding hydrogens is 204 g/mol. The molecule has 5 nitrogen and oxygen atoms in total. The number of nitrogens with one attached hydrogen (secondary N) is 1. The minimum atomic E-state index is 0.211. The van der Waals surface area contributed by atoms with Gasteiger partial charge >= 0.3 is 0 Å². The zero-order valence-corrected chi connectivity index (χ0v) is 8.81. The number of anilines is 3. The van der Waals surface area contributed by atoms with Gasteiger partial charge in [0.15, 0.2) is 0 Å². The van der Waals surface area contributed by atoms with E-state index in [1.54, 1.807) is 24.4 Å². The summed E-state index contributed by atoms with van der Waals surface area (Å²) < 4.78 is 0. The highest BCUT2D eigenvalue weighted by Crippen LogP contribution is 2.26. The average molecular weight is 216 g/mol. The number of rotatable bonds is 2. The Hall–Kier alpha value is -2.30. The zero-order chi connectivity index (χ0) is 11.5. The fourth-order valence-electron chi connectivity index (χ4n) is 1.34. The second kappa shape index (κ2) is 4.06. The molecule has 0 fully saturated rings. The quantitative estimate of drug-likeness (QED) is 0.713. The van der Waals surface area contributed by atoms with Gasteiger partial charge in [-0.05, 0) is 25.1 Å². The van der Waals surface area contributed by atoms with E-state index < -0.39 is 0 Å². The van der Waals surface area contributed by atoms with E-state index in [0.29, 0.717) is 5.82 Å². The van der Waals surface area contributed by atoms with Gasteiger partial charge in [-0.25, -0.2) is 4.98 Å². The fraction of sp³-hybridized carbons (Fsp3) is 0.0909. The molecular formula is C11H12N4O. The van der Waals surface area contributed by atoms with E-state index in [2.05, 4.69) is 15.3 Å². The van der Waals surface area contributed by atoms with E-state index in [1.165, 1.54) is 0 Å². The maximum atomic E-state index is 9.54. The van der Waals surface area contributed by atoms with E-state index in [-0.39, 0.29) is 11.7 Å². The van der Waals surface area contributed by atoms with Crippen LogP contribution in [-0.2, 0) is 0 Å². The third kappa shape index (κ3) is 2.03. The molecule has 16 heavy (non-hydrogen) atoms. The highest BCUT2D eigenvalue weighted by atomic mass is 16.3. The Kier molecular flexibility index (Phi) is 2.59. The number of nitrogen functional groups attached to an aromatic ring is 1. The number of benzene rings is 1. The lowest BCUT2D eigenvalue weighted by atomic mass is 10.2. The molecule has 0 aliphatic heterocycles. The second-order valence-corrected chi connectivity index (χ2v) is 3.37. The van der Waals surface area contributed by atoms with E-state index in [4.69, 9.17) is 5.73 Å². The summed E-state index contributed by atoms with van der Waals surface area (Å²) >= 11 is 0. The molecule has 1 aromatic carbocycles. The number of hydrogen-bond donors (Lipinski definition) is 3. The summed E-state index contributed by atoms with van der Waals surface area (Å²) in [6, 6.07) is 6.96. The number of aromatic nitrogens is 2. The van der Waals surface area contributed by atoms with Crippen molar-refractivity contribution in [3.05, 3.63) is 36.0 Å². The van der Waals surface area contributed by atoms with Crippen LogP contribution < -0.4 is 11.1 Å². The van der Waals surface area contributed by atoms with Crippen molar-refractivity contribution in [1.82, 2.24) is 9.97 Å². The van der Waals surface area contributed by atoms with E-state index in [1.807, 2.05) is 13.0 Å². The Balaban J connectivity index is 2.31. The number of phenolic OH excluding ortho intramolecular Hbond substituents is 1. The summed E-state index contributed by atoms with van der Waals surface area (Å²) in [5, 5.41) is 12.6. The number of hydrogen-bond acceptors (Lipinski definition) is 5. The van der Waals surface area contributed by atoms with Crippen LogP contribution in [0.5, 0.6) is 5.75 Å². The predicted molar refractivity (Wildman–Crippen MR) is 62.6 cm³/mol. The fourth-order valence-corrected chi connectivity index (χ4v) is 1.34. The summed E-state index contributed by atoms with van der Waals surface area (Å²) in [4.78, 5) is 7.81. The third-order valence-electron chi connectivity index (χ3n) is 2.24. The van der Waals surface area contributed by atoms with Gasteiger partial charge in [0.25, 0.3) is 0 Å². The van der Waals surface area contributed by atoms with Crippen molar-refractivity contribution < 1.29 is 5.11 Å². The summed E-state index contributed by atoms with van der Waals surface area (Å²) in [5.41, 5.74) is 7.02. The summed E-state index contributed by atoms with van der Waals surface area (Å²) in [7, 11) is 0. The van der Waals surface area contributed by atoms with Crippen molar-refractivity contribution >= 4 is 17.5 Å². The molecule has 0 aliphatic rings. The zero-order valence-electron chi connectivity index (χ0n) is 8.81. The van der Waals surface area contributed by atoms with Crippen molar-refractivity contribution in [2.24, 2.45) is 0 Å².